The third-order valence-corrected chi connectivity index (χ3v) is 4.55. The highest BCUT2D eigenvalue weighted by atomic mass is 16.7. The summed E-state index contributed by atoms with van der Waals surface area (Å²) >= 11 is 0. The van der Waals surface area contributed by atoms with Crippen molar-refractivity contribution >= 4 is 17.4 Å². The number of rotatable bonds is 5. The molecule has 10 nitrogen and oxygen atoms in total. The van der Waals surface area contributed by atoms with E-state index in [2.05, 4.69) is 25.9 Å². The number of hydrogen-bond acceptors (Lipinski definition) is 7. The van der Waals surface area contributed by atoms with Crippen LogP contribution >= 0.6 is 0 Å². The van der Waals surface area contributed by atoms with Gasteiger partial charge in [-0.05, 0) is 55.5 Å². The van der Waals surface area contributed by atoms with Crippen LogP contribution < -0.4 is 24.8 Å². The molecular formula is C22H18N6O4. The number of fused-ring (bicyclic) bond motifs is 1. The smallest absolute Gasteiger partial charge is 0.323 e. The molecule has 4 aromatic rings. The second-order valence-electron chi connectivity index (χ2n) is 6.91. The molecule has 5 rings (SSSR count). The second-order valence-corrected chi connectivity index (χ2v) is 6.91. The first kappa shape index (κ1) is 19.4. The summed E-state index contributed by atoms with van der Waals surface area (Å²) in [6.45, 7) is 2.08. The summed E-state index contributed by atoms with van der Waals surface area (Å²) in [7, 11) is 0. The first-order valence-corrected chi connectivity index (χ1v) is 9.74. The number of nitrogens with zero attached hydrogens (tertiary/aromatic N) is 4. The van der Waals surface area contributed by atoms with Gasteiger partial charge in [-0.15, -0.1) is 10.2 Å². The van der Waals surface area contributed by atoms with Gasteiger partial charge < -0.3 is 24.8 Å². The monoisotopic (exact) mass is 430 g/mol. The molecular weight excluding hydrogens is 412 g/mol. The Hall–Kier alpha value is -4.60. The summed E-state index contributed by atoms with van der Waals surface area (Å²) < 4.78 is 17.9. The topological polar surface area (TPSA) is 112 Å². The van der Waals surface area contributed by atoms with Gasteiger partial charge in [0.2, 0.25) is 12.7 Å². The van der Waals surface area contributed by atoms with Crippen LogP contribution in [0.5, 0.6) is 23.1 Å². The lowest BCUT2D eigenvalue weighted by atomic mass is 10.3. The zero-order valence-electron chi connectivity index (χ0n) is 17.0. The molecule has 0 bridgehead atoms. The number of ether oxygens (including phenoxy) is 3. The lowest BCUT2D eigenvalue weighted by Gasteiger charge is -2.09. The number of aryl methyl sites for hydroxylation is 1. The summed E-state index contributed by atoms with van der Waals surface area (Å²) in [5.74, 6) is 2.75. The fourth-order valence-electron chi connectivity index (χ4n) is 3.03. The zero-order chi connectivity index (χ0) is 21.9. The standard InChI is InChI=1S/C22H18N6O4/c1-14-10-11-28(27-14)20-8-9-21(26-25-20)32-17-5-2-15(3-6-17)23-22(29)24-16-4-7-18-19(12-16)31-13-30-18/h2-12H,13H2,1H3,(H2,23,24,29). The Morgan fingerprint density at radius 3 is 2.47 bits per heavy atom. The second kappa shape index (κ2) is 8.26. The molecule has 32 heavy (non-hydrogen) atoms. The molecule has 1 aliphatic rings. The van der Waals surface area contributed by atoms with Crippen molar-refractivity contribution in [1.82, 2.24) is 20.0 Å². The third-order valence-electron chi connectivity index (χ3n) is 4.55. The predicted molar refractivity (Wildman–Crippen MR) is 116 cm³/mol. The minimum atomic E-state index is -0.382. The van der Waals surface area contributed by atoms with E-state index >= 15 is 0 Å². The van der Waals surface area contributed by atoms with Gasteiger partial charge in [-0.3, -0.25) is 0 Å². The van der Waals surface area contributed by atoms with E-state index in [4.69, 9.17) is 14.2 Å². The zero-order valence-corrected chi connectivity index (χ0v) is 17.0. The maximum atomic E-state index is 12.3. The van der Waals surface area contributed by atoms with Crippen LogP contribution in [0.1, 0.15) is 5.69 Å². The maximum absolute atomic E-state index is 12.3. The van der Waals surface area contributed by atoms with Gasteiger partial charge in [0.15, 0.2) is 17.3 Å². The molecule has 1 aliphatic heterocycles. The van der Waals surface area contributed by atoms with Crippen LogP contribution in [0.2, 0.25) is 0 Å². The number of aromatic nitrogens is 4. The van der Waals surface area contributed by atoms with Crippen LogP contribution in [-0.4, -0.2) is 32.8 Å². The number of hydrogen-bond donors (Lipinski definition) is 2. The molecule has 0 spiro atoms. The van der Waals surface area contributed by atoms with Gasteiger partial charge in [0, 0.05) is 29.7 Å². The van der Waals surface area contributed by atoms with Gasteiger partial charge in [0.05, 0.1) is 5.69 Å². The Morgan fingerprint density at radius 2 is 1.72 bits per heavy atom. The summed E-state index contributed by atoms with van der Waals surface area (Å²) in [4.78, 5) is 12.3. The van der Waals surface area contributed by atoms with E-state index in [1.54, 1.807) is 59.3 Å². The van der Waals surface area contributed by atoms with E-state index in [1.165, 1.54) is 0 Å². The largest absolute Gasteiger partial charge is 0.454 e. The Bertz CT molecular complexity index is 1250. The fraction of sp³-hybridized carbons (Fsp3) is 0.0909. The van der Waals surface area contributed by atoms with E-state index in [0.29, 0.717) is 40.3 Å². The van der Waals surface area contributed by atoms with E-state index in [-0.39, 0.29) is 12.8 Å². The lowest BCUT2D eigenvalue weighted by Crippen LogP contribution is -2.19. The van der Waals surface area contributed by atoms with Gasteiger partial charge in [-0.25, -0.2) is 9.48 Å². The quantitative estimate of drug-likeness (QED) is 0.489. The van der Waals surface area contributed by atoms with Crippen molar-refractivity contribution < 1.29 is 19.0 Å². The molecule has 2 N–H and O–H groups in total. The van der Waals surface area contributed by atoms with Crippen molar-refractivity contribution in [2.24, 2.45) is 0 Å². The van der Waals surface area contributed by atoms with Crippen LogP contribution in [0.15, 0.2) is 66.9 Å². The van der Waals surface area contributed by atoms with Crippen LogP contribution in [0.25, 0.3) is 5.82 Å². The van der Waals surface area contributed by atoms with Crippen LogP contribution in [0.3, 0.4) is 0 Å². The molecule has 160 valence electrons. The molecule has 0 saturated carbocycles. The minimum absolute atomic E-state index is 0.180. The SMILES string of the molecule is Cc1ccn(-c2ccc(Oc3ccc(NC(=O)Nc4ccc5c(c4)OCO5)cc3)nn2)n1. The van der Waals surface area contributed by atoms with Crippen molar-refractivity contribution in [3.05, 3.63) is 72.6 Å². The molecule has 2 aromatic carbocycles. The van der Waals surface area contributed by atoms with E-state index in [0.717, 1.165) is 5.69 Å². The number of nitrogens with one attached hydrogen (secondary N) is 2. The molecule has 2 amide bonds. The van der Waals surface area contributed by atoms with Crippen LogP contribution in [-0.2, 0) is 0 Å². The molecule has 0 saturated heterocycles. The van der Waals surface area contributed by atoms with Crippen LogP contribution in [0.4, 0.5) is 16.2 Å². The average Bonchev–Trinajstić information content (AvgIpc) is 3.44. The number of anilines is 2. The lowest BCUT2D eigenvalue weighted by molar-refractivity contribution is 0.174. The molecule has 0 radical (unpaired) electrons. The molecule has 0 atom stereocenters. The number of urea groups is 1. The summed E-state index contributed by atoms with van der Waals surface area (Å²) in [5.41, 5.74) is 2.09. The highest BCUT2D eigenvalue weighted by molar-refractivity contribution is 6.00. The van der Waals surface area contributed by atoms with Crippen molar-refractivity contribution in [2.75, 3.05) is 17.4 Å². The first-order valence-electron chi connectivity index (χ1n) is 9.74. The van der Waals surface area contributed by atoms with Crippen molar-refractivity contribution in [3.8, 4) is 28.9 Å². The van der Waals surface area contributed by atoms with Gasteiger partial charge in [-0.2, -0.15) is 5.10 Å². The molecule has 10 heteroatoms. The number of amides is 2. The molecule has 0 aliphatic carbocycles. The Kier molecular flexibility index (Phi) is 5.00. The number of carbonyl (C=O) groups excluding carboxylic acids is 1. The van der Waals surface area contributed by atoms with E-state index in [1.807, 2.05) is 19.2 Å². The highest BCUT2D eigenvalue weighted by Crippen LogP contribution is 2.34. The van der Waals surface area contributed by atoms with Gasteiger partial charge in [0.25, 0.3) is 0 Å². The Labute approximate surface area is 182 Å². The summed E-state index contributed by atoms with van der Waals surface area (Å²) in [6.07, 6.45) is 1.81. The van der Waals surface area contributed by atoms with Crippen molar-refractivity contribution in [1.29, 1.82) is 0 Å². The maximum Gasteiger partial charge on any atom is 0.323 e. The Balaban J connectivity index is 1.17. The van der Waals surface area contributed by atoms with Gasteiger partial charge in [-0.1, -0.05) is 0 Å². The third kappa shape index (κ3) is 4.29. The molecule has 3 heterocycles. The van der Waals surface area contributed by atoms with Crippen molar-refractivity contribution in [3.63, 3.8) is 0 Å². The average molecular weight is 430 g/mol. The van der Waals surface area contributed by atoms with E-state index < -0.39 is 0 Å². The normalized spacial score (nSPS) is 11.8. The van der Waals surface area contributed by atoms with E-state index in [9.17, 15) is 4.79 Å². The first-order chi connectivity index (χ1) is 15.6. The summed E-state index contributed by atoms with van der Waals surface area (Å²) in [5, 5.41) is 18.0. The van der Waals surface area contributed by atoms with Crippen molar-refractivity contribution in [2.45, 2.75) is 6.92 Å². The Morgan fingerprint density at radius 1 is 0.938 bits per heavy atom. The van der Waals surface area contributed by atoms with Gasteiger partial charge in [0.1, 0.15) is 5.75 Å². The molecule has 0 unspecified atom stereocenters. The predicted octanol–water partition coefficient (Wildman–Crippen LogP) is 4.14. The van der Waals surface area contributed by atoms with Gasteiger partial charge >= 0.3 is 6.03 Å². The minimum Gasteiger partial charge on any atom is -0.454 e. The highest BCUT2D eigenvalue weighted by Gasteiger charge is 2.14. The summed E-state index contributed by atoms with van der Waals surface area (Å²) in [6, 6.07) is 17.1. The number of carbonyl (C=O) groups is 1. The molecule has 0 fully saturated rings. The number of benzene rings is 2. The van der Waals surface area contributed by atoms with Crippen LogP contribution in [0, 0.1) is 6.92 Å². The fourth-order valence-corrected chi connectivity index (χ4v) is 3.03. The molecule has 2 aromatic heterocycles.